The summed E-state index contributed by atoms with van der Waals surface area (Å²) in [5.74, 6) is 0.0492. The maximum Gasteiger partial charge on any atom is 0.306 e. The van der Waals surface area contributed by atoms with Crippen LogP contribution in [0.15, 0.2) is 23.8 Å². The van der Waals surface area contributed by atoms with E-state index in [4.69, 9.17) is 9.47 Å². The largest absolute Gasteiger partial charge is 0.462 e. The van der Waals surface area contributed by atoms with Gasteiger partial charge in [0.15, 0.2) is 0 Å². The van der Waals surface area contributed by atoms with Gasteiger partial charge in [0.05, 0.1) is 11.7 Å². The van der Waals surface area contributed by atoms with Gasteiger partial charge < -0.3 is 14.6 Å². The van der Waals surface area contributed by atoms with Gasteiger partial charge in [-0.05, 0) is 51.5 Å². The fourth-order valence-corrected chi connectivity index (χ4v) is 2.46. The van der Waals surface area contributed by atoms with Crippen molar-refractivity contribution < 1.29 is 19.4 Å². The SMILES string of the molecule is CO[C@H]1C=C[C@@](C)(O)CCC(=O)O[C@H](C)[C@@H](C)CCC=C1C. The van der Waals surface area contributed by atoms with Gasteiger partial charge in [0, 0.05) is 13.5 Å². The maximum atomic E-state index is 11.9. The summed E-state index contributed by atoms with van der Waals surface area (Å²) in [6.45, 7) is 7.76. The van der Waals surface area contributed by atoms with E-state index in [1.165, 1.54) is 0 Å². The van der Waals surface area contributed by atoms with Gasteiger partial charge in [0.1, 0.15) is 6.10 Å². The maximum absolute atomic E-state index is 11.9. The molecular weight excluding hydrogens is 280 g/mol. The Labute approximate surface area is 134 Å². The third-order valence-electron chi connectivity index (χ3n) is 4.38. The van der Waals surface area contributed by atoms with Crippen LogP contribution in [0.4, 0.5) is 0 Å². The molecule has 0 aromatic carbocycles. The van der Waals surface area contributed by atoms with Crippen molar-refractivity contribution in [3.8, 4) is 0 Å². The van der Waals surface area contributed by atoms with Crippen LogP contribution in [0.3, 0.4) is 0 Å². The van der Waals surface area contributed by atoms with Crippen molar-refractivity contribution in [1.82, 2.24) is 0 Å². The van der Waals surface area contributed by atoms with Crippen LogP contribution in [0.5, 0.6) is 0 Å². The normalized spacial score (nSPS) is 35.5. The van der Waals surface area contributed by atoms with E-state index in [0.717, 1.165) is 18.4 Å². The zero-order valence-corrected chi connectivity index (χ0v) is 14.5. The van der Waals surface area contributed by atoms with E-state index in [-0.39, 0.29) is 24.6 Å². The molecule has 0 amide bonds. The topological polar surface area (TPSA) is 55.8 Å². The first kappa shape index (κ1) is 18.9. The molecule has 0 fully saturated rings. The molecule has 0 unspecified atom stereocenters. The summed E-state index contributed by atoms with van der Waals surface area (Å²) < 4.78 is 10.9. The predicted octanol–water partition coefficient (Wildman–Crippen LogP) is 3.40. The van der Waals surface area contributed by atoms with Crippen molar-refractivity contribution in [2.75, 3.05) is 7.11 Å². The fraction of sp³-hybridized carbons (Fsp3) is 0.722. The molecule has 0 spiro atoms. The van der Waals surface area contributed by atoms with Crippen LogP contribution >= 0.6 is 0 Å². The van der Waals surface area contributed by atoms with E-state index in [0.29, 0.717) is 12.3 Å². The number of methoxy groups -OCH3 is 1. The molecule has 1 aliphatic rings. The van der Waals surface area contributed by atoms with Gasteiger partial charge in [-0.1, -0.05) is 25.2 Å². The first-order valence-electron chi connectivity index (χ1n) is 8.06. The smallest absolute Gasteiger partial charge is 0.306 e. The number of hydrogen-bond donors (Lipinski definition) is 1. The summed E-state index contributed by atoms with van der Waals surface area (Å²) in [6.07, 6.45) is 7.89. The molecular formula is C18H30O4. The summed E-state index contributed by atoms with van der Waals surface area (Å²) in [5.41, 5.74) is 0.0816. The Kier molecular flexibility index (Phi) is 7.30. The minimum Gasteiger partial charge on any atom is -0.462 e. The Morgan fingerprint density at radius 3 is 2.73 bits per heavy atom. The third-order valence-corrected chi connectivity index (χ3v) is 4.38. The molecule has 1 heterocycles. The minimum atomic E-state index is -1.05. The highest BCUT2D eigenvalue weighted by molar-refractivity contribution is 5.69. The summed E-state index contributed by atoms with van der Waals surface area (Å²) >= 11 is 0. The second kappa shape index (κ2) is 8.49. The molecule has 0 aromatic rings. The van der Waals surface area contributed by atoms with Crippen LogP contribution in [0, 0.1) is 5.92 Å². The van der Waals surface area contributed by atoms with Gasteiger partial charge >= 0.3 is 5.97 Å². The zero-order chi connectivity index (χ0) is 16.8. The molecule has 0 saturated heterocycles. The lowest BCUT2D eigenvalue weighted by Crippen LogP contribution is -2.27. The van der Waals surface area contributed by atoms with Crippen LogP contribution in [-0.2, 0) is 14.3 Å². The highest BCUT2D eigenvalue weighted by Crippen LogP contribution is 2.21. The minimum absolute atomic E-state index is 0.108. The summed E-state index contributed by atoms with van der Waals surface area (Å²) in [4.78, 5) is 11.9. The first-order valence-corrected chi connectivity index (χ1v) is 8.06. The number of aliphatic hydroxyl groups is 1. The van der Waals surface area contributed by atoms with E-state index in [1.54, 1.807) is 20.1 Å². The monoisotopic (exact) mass is 310 g/mol. The standard InChI is InChI=1S/C18H30O4/c1-13-7-6-8-14(2)16(21-5)9-11-18(4,20)12-10-17(19)22-15(13)3/h8-9,11,13,15-16,20H,6-7,10,12H2,1-5H3/t13-,15+,16-,18+/m0/s1. The Bertz CT molecular complexity index is 423. The summed E-state index contributed by atoms with van der Waals surface area (Å²) in [6, 6.07) is 0. The van der Waals surface area contributed by atoms with Crippen LogP contribution in [0.2, 0.25) is 0 Å². The quantitative estimate of drug-likeness (QED) is 0.596. The van der Waals surface area contributed by atoms with Crippen molar-refractivity contribution in [2.24, 2.45) is 5.92 Å². The molecule has 1 aliphatic heterocycles. The van der Waals surface area contributed by atoms with E-state index < -0.39 is 5.60 Å². The van der Waals surface area contributed by atoms with E-state index in [1.807, 2.05) is 19.9 Å². The van der Waals surface area contributed by atoms with Gasteiger partial charge in [-0.3, -0.25) is 4.79 Å². The number of hydrogen-bond acceptors (Lipinski definition) is 4. The number of allylic oxidation sites excluding steroid dienone is 1. The number of carbonyl (C=O) groups is 1. The van der Waals surface area contributed by atoms with Crippen LogP contribution < -0.4 is 0 Å². The Hall–Kier alpha value is -1.13. The number of esters is 1. The van der Waals surface area contributed by atoms with Crippen LogP contribution in [0.25, 0.3) is 0 Å². The molecule has 0 aromatic heterocycles. The van der Waals surface area contributed by atoms with E-state index >= 15 is 0 Å². The average molecular weight is 310 g/mol. The van der Waals surface area contributed by atoms with Crippen LogP contribution in [-0.4, -0.2) is 36.0 Å². The molecule has 0 saturated carbocycles. The van der Waals surface area contributed by atoms with Crippen molar-refractivity contribution >= 4 is 5.97 Å². The van der Waals surface area contributed by atoms with Crippen molar-refractivity contribution in [1.29, 1.82) is 0 Å². The van der Waals surface area contributed by atoms with E-state index in [2.05, 4.69) is 13.0 Å². The molecule has 0 aliphatic carbocycles. The van der Waals surface area contributed by atoms with Gasteiger partial charge in [0.25, 0.3) is 0 Å². The lowest BCUT2D eigenvalue weighted by Gasteiger charge is -2.23. The van der Waals surface area contributed by atoms with Crippen LogP contribution in [0.1, 0.15) is 53.4 Å². The van der Waals surface area contributed by atoms with Gasteiger partial charge in [0.2, 0.25) is 0 Å². The second-order valence-corrected chi connectivity index (χ2v) is 6.57. The lowest BCUT2D eigenvalue weighted by atomic mass is 9.95. The molecule has 1 rings (SSSR count). The van der Waals surface area contributed by atoms with Gasteiger partial charge in [-0.2, -0.15) is 0 Å². The van der Waals surface area contributed by atoms with Gasteiger partial charge in [-0.25, -0.2) is 0 Å². The molecule has 4 nitrogen and oxygen atoms in total. The van der Waals surface area contributed by atoms with E-state index in [9.17, 15) is 9.90 Å². The number of ether oxygens (including phenoxy) is 2. The average Bonchev–Trinajstić information content (AvgIpc) is 2.44. The fourth-order valence-electron chi connectivity index (χ4n) is 2.46. The van der Waals surface area contributed by atoms with Crippen molar-refractivity contribution in [3.05, 3.63) is 23.8 Å². The molecule has 4 heteroatoms. The number of cyclic esters (lactones) is 1. The predicted molar refractivity (Wildman–Crippen MR) is 87.5 cm³/mol. The third kappa shape index (κ3) is 6.32. The molecule has 0 radical (unpaired) electrons. The molecule has 4 atom stereocenters. The zero-order valence-electron chi connectivity index (χ0n) is 14.5. The summed E-state index contributed by atoms with van der Waals surface area (Å²) in [5, 5.41) is 10.3. The Balaban J connectivity index is 2.93. The number of rotatable bonds is 1. The number of carbonyl (C=O) groups excluding carboxylic acids is 1. The first-order chi connectivity index (χ1) is 10.2. The Morgan fingerprint density at radius 2 is 2.09 bits per heavy atom. The molecule has 126 valence electrons. The molecule has 1 N–H and O–H groups in total. The second-order valence-electron chi connectivity index (χ2n) is 6.57. The van der Waals surface area contributed by atoms with Crippen molar-refractivity contribution in [3.63, 3.8) is 0 Å². The lowest BCUT2D eigenvalue weighted by molar-refractivity contribution is -0.151. The molecule has 0 bridgehead atoms. The Morgan fingerprint density at radius 1 is 1.41 bits per heavy atom. The highest BCUT2D eigenvalue weighted by Gasteiger charge is 2.22. The van der Waals surface area contributed by atoms with Gasteiger partial charge in [-0.15, -0.1) is 0 Å². The van der Waals surface area contributed by atoms with Crippen molar-refractivity contribution in [2.45, 2.75) is 71.2 Å². The molecule has 22 heavy (non-hydrogen) atoms. The summed E-state index contributed by atoms with van der Waals surface area (Å²) in [7, 11) is 1.66. The highest BCUT2D eigenvalue weighted by atomic mass is 16.5.